The van der Waals surface area contributed by atoms with Gasteiger partial charge in [-0.25, -0.2) is 0 Å². The summed E-state index contributed by atoms with van der Waals surface area (Å²) in [6.07, 6.45) is 6.01. The summed E-state index contributed by atoms with van der Waals surface area (Å²) in [7, 11) is 0. The van der Waals surface area contributed by atoms with Crippen LogP contribution in [0.15, 0.2) is 78.4 Å². The summed E-state index contributed by atoms with van der Waals surface area (Å²) in [5.74, 6) is 0.0604. The molecular formula is C20H14I2O2. The first-order chi connectivity index (χ1) is 11.5. The summed E-state index contributed by atoms with van der Waals surface area (Å²) in [5.41, 5.74) is 2.00. The summed E-state index contributed by atoms with van der Waals surface area (Å²) in [6.45, 7) is 0. The van der Waals surface area contributed by atoms with Crippen molar-refractivity contribution >= 4 is 56.7 Å². The van der Waals surface area contributed by atoms with Crippen LogP contribution in [0.1, 0.15) is 27.1 Å². The highest BCUT2D eigenvalue weighted by atomic mass is 127. The second-order valence-electron chi connectivity index (χ2n) is 5.59. The lowest BCUT2D eigenvalue weighted by molar-refractivity contribution is 0.0966. The van der Waals surface area contributed by atoms with Crippen LogP contribution in [0.2, 0.25) is 0 Å². The molecule has 1 aliphatic carbocycles. The van der Waals surface area contributed by atoms with Crippen molar-refractivity contribution in [3.8, 4) is 0 Å². The zero-order chi connectivity index (χ0) is 17.2. The van der Waals surface area contributed by atoms with Crippen LogP contribution >= 0.6 is 45.2 Å². The molecule has 2 nitrogen and oxygen atoms in total. The molecule has 4 heteroatoms. The normalized spacial score (nSPS) is 19.7. The van der Waals surface area contributed by atoms with Crippen LogP contribution in [0.3, 0.4) is 0 Å². The van der Waals surface area contributed by atoms with E-state index in [1.165, 1.54) is 0 Å². The number of hydrogen-bond donors (Lipinski definition) is 0. The van der Waals surface area contributed by atoms with Crippen molar-refractivity contribution in [1.29, 1.82) is 0 Å². The number of benzene rings is 2. The SMILES string of the molecule is O=C(C1=CCC(I)(C(=O)c2ccccc2)C=C1)c1ccc(I)cc1. The molecule has 0 spiro atoms. The number of ketones is 2. The van der Waals surface area contributed by atoms with Crippen LogP contribution in [-0.2, 0) is 0 Å². The van der Waals surface area contributed by atoms with Gasteiger partial charge in [-0.2, -0.15) is 0 Å². The lowest BCUT2D eigenvalue weighted by Gasteiger charge is -2.24. The van der Waals surface area contributed by atoms with Crippen LogP contribution in [0.5, 0.6) is 0 Å². The Morgan fingerprint density at radius 2 is 1.58 bits per heavy atom. The van der Waals surface area contributed by atoms with Gasteiger partial charge in [-0.15, -0.1) is 0 Å². The number of hydrogen-bond acceptors (Lipinski definition) is 2. The Morgan fingerprint density at radius 1 is 0.917 bits per heavy atom. The Hall–Kier alpha value is -1.28. The molecule has 0 heterocycles. The maximum atomic E-state index is 12.7. The number of Topliss-reactive ketones (excluding diaryl/α,β-unsaturated/α-hetero) is 2. The van der Waals surface area contributed by atoms with Gasteiger partial charge in [0.2, 0.25) is 0 Å². The van der Waals surface area contributed by atoms with E-state index in [1.54, 1.807) is 6.08 Å². The monoisotopic (exact) mass is 540 g/mol. The fraction of sp³-hybridized carbons (Fsp3) is 0.100. The van der Waals surface area contributed by atoms with Crippen molar-refractivity contribution in [2.24, 2.45) is 0 Å². The maximum absolute atomic E-state index is 12.7. The van der Waals surface area contributed by atoms with Crippen LogP contribution in [-0.4, -0.2) is 15.0 Å². The van der Waals surface area contributed by atoms with Crippen molar-refractivity contribution in [1.82, 2.24) is 0 Å². The van der Waals surface area contributed by atoms with Gasteiger partial charge in [-0.1, -0.05) is 71.2 Å². The number of allylic oxidation sites excluding steroid dienone is 4. The third-order valence-corrected chi connectivity index (χ3v) is 5.94. The minimum Gasteiger partial charge on any atom is -0.292 e. The molecule has 0 aliphatic heterocycles. The average Bonchev–Trinajstić information content (AvgIpc) is 2.62. The van der Waals surface area contributed by atoms with E-state index in [4.69, 9.17) is 0 Å². The maximum Gasteiger partial charge on any atom is 0.192 e. The van der Waals surface area contributed by atoms with Crippen LogP contribution in [0.25, 0.3) is 0 Å². The zero-order valence-corrected chi connectivity index (χ0v) is 17.0. The summed E-state index contributed by atoms with van der Waals surface area (Å²) in [4.78, 5) is 25.3. The molecule has 24 heavy (non-hydrogen) atoms. The van der Waals surface area contributed by atoms with Gasteiger partial charge in [0.25, 0.3) is 0 Å². The number of rotatable bonds is 4. The van der Waals surface area contributed by atoms with Crippen molar-refractivity contribution in [3.63, 3.8) is 0 Å². The molecule has 0 N–H and O–H groups in total. The highest BCUT2D eigenvalue weighted by molar-refractivity contribution is 14.1. The molecule has 1 atom stereocenters. The molecular weight excluding hydrogens is 526 g/mol. The molecule has 0 bridgehead atoms. The molecule has 2 aromatic carbocycles. The molecule has 0 fully saturated rings. The first-order valence-electron chi connectivity index (χ1n) is 7.48. The van der Waals surface area contributed by atoms with E-state index in [-0.39, 0.29) is 11.6 Å². The Labute approximate surface area is 168 Å². The quantitative estimate of drug-likeness (QED) is 0.295. The van der Waals surface area contributed by atoms with Gasteiger partial charge in [-0.3, -0.25) is 9.59 Å². The Balaban J connectivity index is 1.79. The number of halogens is 2. The third kappa shape index (κ3) is 3.69. The number of alkyl halides is 1. The van der Waals surface area contributed by atoms with Crippen molar-refractivity contribution in [2.45, 2.75) is 9.84 Å². The zero-order valence-electron chi connectivity index (χ0n) is 12.7. The van der Waals surface area contributed by atoms with Gasteiger partial charge in [0.15, 0.2) is 11.6 Å². The molecule has 3 rings (SSSR count). The van der Waals surface area contributed by atoms with Crippen LogP contribution in [0, 0.1) is 3.57 Å². The van der Waals surface area contributed by atoms with E-state index in [9.17, 15) is 9.59 Å². The van der Waals surface area contributed by atoms with E-state index in [0.29, 0.717) is 23.1 Å². The van der Waals surface area contributed by atoms with E-state index >= 15 is 0 Å². The smallest absolute Gasteiger partial charge is 0.192 e. The summed E-state index contributed by atoms with van der Waals surface area (Å²) >= 11 is 4.39. The first kappa shape index (κ1) is 17.5. The van der Waals surface area contributed by atoms with Gasteiger partial charge >= 0.3 is 0 Å². The fourth-order valence-electron chi connectivity index (χ4n) is 2.55. The summed E-state index contributed by atoms with van der Waals surface area (Å²) < 4.78 is 0.464. The van der Waals surface area contributed by atoms with Gasteiger partial charge in [0.05, 0.1) is 0 Å². The fourth-order valence-corrected chi connectivity index (χ4v) is 3.62. The Morgan fingerprint density at radius 3 is 2.17 bits per heavy atom. The molecule has 120 valence electrons. The predicted octanol–water partition coefficient (Wildman–Crippen LogP) is 5.42. The molecule has 0 saturated carbocycles. The Kier molecular flexibility index (Phi) is 5.34. The minimum absolute atomic E-state index is 0.00624. The summed E-state index contributed by atoms with van der Waals surface area (Å²) in [5, 5.41) is 0. The van der Waals surface area contributed by atoms with Gasteiger partial charge in [-0.05, 0) is 53.3 Å². The number of carbonyl (C=O) groups excluding carboxylic acids is 2. The minimum atomic E-state index is -0.630. The standard InChI is InChI=1S/C20H14I2O2/c21-17-8-6-14(7-9-17)18(23)15-10-12-20(22,13-11-15)19(24)16-4-2-1-3-5-16/h1-12H,13H2. The second kappa shape index (κ2) is 7.31. The van der Waals surface area contributed by atoms with E-state index in [2.05, 4.69) is 45.2 Å². The van der Waals surface area contributed by atoms with Crippen LogP contribution in [0.4, 0.5) is 0 Å². The van der Waals surface area contributed by atoms with Gasteiger partial charge in [0.1, 0.15) is 3.42 Å². The van der Waals surface area contributed by atoms with Gasteiger partial charge in [0, 0.05) is 20.3 Å². The first-order valence-corrected chi connectivity index (χ1v) is 9.64. The topological polar surface area (TPSA) is 34.1 Å². The summed E-state index contributed by atoms with van der Waals surface area (Å²) in [6, 6.07) is 16.8. The second-order valence-corrected chi connectivity index (χ2v) is 8.76. The Bertz CT molecular complexity index is 836. The van der Waals surface area contributed by atoms with Crippen molar-refractivity contribution in [2.75, 3.05) is 0 Å². The molecule has 2 aromatic rings. The van der Waals surface area contributed by atoms with E-state index in [0.717, 1.165) is 3.57 Å². The molecule has 0 amide bonds. The highest BCUT2D eigenvalue weighted by Gasteiger charge is 2.34. The van der Waals surface area contributed by atoms with E-state index < -0.39 is 3.42 Å². The predicted molar refractivity (Wildman–Crippen MR) is 113 cm³/mol. The van der Waals surface area contributed by atoms with Gasteiger partial charge < -0.3 is 0 Å². The number of carbonyl (C=O) groups is 2. The van der Waals surface area contributed by atoms with Crippen LogP contribution < -0.4 is 0 Å². The van der Waals surface area contributed by atoms with E-state index in [1.807, 2.05) is 66.7 Å². The molecule has 1 aliphatic rings. The highest BCUT2D eigenvalue weighted by Crippen LogP contribution is 2.34. The average molecular weight is 540 g/mol. The lowest BCUT2D eigenvalue weighted by atomic mass is 9.87. The lowest BCUT2D eigenvalue weighted by Crippen LogP contribution is -2.31. The molecule has 0 aromatic heterocycles. The third-order valence-electron chi connectivity index (χ3n) is 3.93. The molecule has 1 unspecified atom stereocenters. The van der Waals surface area contributed by atoms with Crippen molar-refractivity contribution in [3.05, 3.63) is 93.1 Å². The molecule has 0 saturated heterocycles. The largest absolute Gasteiger partial charge is 0.292 e. The molecule has 0 radical (unpaired) electrons. The van der Waals surface area contributed by atoms with Crippen molar-refractivity contribution < 1.29 is 9.59 Å².